The topological polar surface area (TPSA) is 46.5 Å². The number of hydrogen-bond donors (Lipinski definition) is 1. The SMILES string of the molecule is CCCC/C(C(=O)OCC)=C(\C)O.[Zn]. The number of esters is 1. The maximum atomic E-state index is 11.3. The number of hydrogen-bond acceptors (Lipinski definition) is 3. The molecule has 0 aliphatic heterocycles. The molecule has 0 bridgehead atoms. The molecular formula is C10H18O3Zn. The van der Waals surface area contributed by atoms with Gasteiger partial charge in [0, 0.05) is 19.5 Å². The number of allylic oxidation sites excluding steroid dienone is 1. The van der Waals surface area contributed by atoms with Crippen molar-refractivity contribution in [3.63, 3.8) is 0 Å². The Morgan fingerprint density at radius 3 is 2.29 bits per heavy atom. The Balaban J connectivity index is 0. The Morgan fingerprint density at radius 2 is 1.93 bits per heavy atom. The van der Waals surface area contributed by atoms with Crippen molar-refractivity contribution in [1.29, 1.82) is 0 Å². The standard InChI is InChI=1S/C10H18O3.Zn/c1-4-6-7-9(8(3)11)10(12)13-5-2;/h11H,4-7H2,1-3H3;/b9-8-;. The van der Waals surface area contributed by atoms with E-state index in [1.807, 2.05) is 6.92 Å². The third-order valence-corrected chi connectivity index (χ3v) is 1.74. The molecule has 78 valence electrons. The average Bonchev–Trinajstić information content (AvgIpc) is 2.05. The fourth-order valence-electron chi connectivity index (χ4n) is 1.00. The summed E-state index contributed by atoms with van der Waals surface area (Å²) in [5.74, 6) is -0.317. The van der Waals surface area contributed by atoms with Gasteiger partial charge >= 0.3 is 5.97 Å². The second-order valence-electron chi connectivity index (χ2n) is 2.89. The molecule has 0 aromatic heterocycles. The normalized spacial score (nSPS) is 11.4. The number of carbonyl (C=O) groups is 1. The van der Waals surface area contributed by atoms with Crippen molar-refractivity contribution in [1.82, 2.24) is 0 Å². The minimum atomic E-state index is -0.393. The molecule has 0 aliphatic rings. The molecule has 0 radical (unpaired) electrons. The zero-order valence-corrected chi connectivity index (χ0v) is 12.3. The van der Waals surface area contributed by atoms with Gasteiger partial charge in [0.15, 0.2) is 0 Å². The van der Waals surface area contributed by atoms with E-state index in [1.165, 1.54) is 6.92 Å². The third kappa shape index (κ3) is 6.14. The van der Waals surface area contributed by atoms with Gasteiger partial charge in [0.25, 0.3) is 0 Å². The fraction of sp³-hybridized carbons (Fsp3) is 0.700. The van der Waals surface area contributed by atoms with Crippen molar-refractivity contribution < 1.29 is 34.1 Å². The van der Waals surface area contributed by atoms with E-state index in [-0.39, 0.29) is 25.2 Å². The van der Waals surface area contributed by atoms with E-state index < -0.39 is 5.97 Å². The summed E-state index contributed by atoms with van der Waals surface area (Å²) in [5, 5.41) is 9.21. The van der Waals surface area contributed by atoms with E-state index in [0.717, 1.165) is 12.8 Å². The Hall–Kier alpha value is -0.367. The number of aliphatic hydroxyl groups is 1. The molecule has 0 saturated carbocycles. The molecule has 0 saturated heterocycles. The first-order chi connectivity index (χ1) is 6.13. The molecular weight excluding hydrogens is 233 g/mol. The van der Waals surface area contributed by atoms with E-state index in [2.05, 4.69) is 0 Å². The van der Waals surface area contributed by atoms with Crippen molar-refractivity contribution in [2.24, 2.45) is 0 Å². The van der Waals surface area contributed by atoms with Crippen LogP contribution in [0.25, 0.3) is 0 Å². The molecule has 14 heavy (non-hydrogen) atoms. The molecule has 4 heteroatoms. The molecule has 1 N–H and O–H groups in total. The molecule has 0 fully saturated rings. The van der Waals surface area contributed by atoms with Crippen LogP contribution in [0.4, 0.5) is 0 Å². The zero-order chi connectivity index (χ0) is 10.3. The first kappa shape index (κ1) is 16.1. The largest absolute Gasteiger partial charge is 0.512 e. The Labute approximate surface area is 98.3 Å². The second kappa shape index (κ2) is 9.20. The summed E-state index contributed by atoms with van der Waals surface area (Å²) in [5.41, 5.74) is 0.406. The monoisotopic (exact) mass is 250 g/mol. The quantitative estimate of drug-likeness (QED) is 0.354. The Morgan fingerprint density at radius 1 is 1.36 bits per heavy atom. The maximum absolute atomic E-state index is 11.3. The average molecular weight is 252 g/mol. The fourth-order valence-corrected chi connectivity index (χ4v) is 1.00. The van der Waals surface area contributed by atoms with Crippen LogP contribution in [0, 0.1) is 0 Å². The van der Waals surface area contributed by atoms with Crippen LogP contribution in [0.3, 0.4) is 0 Å². The predicted molar refractivity (Wildman–Crippen MR) is 51.5 cm³/mol. The molecule has 0 aromatic carbocycles. The van der Waals surface area contributed by atoms with Gasteiger partial charge in [-0.15, -0.1) is 0 Å². The van der Waals surface area contributed by atoms with E-state index >= 15 is 0 Å². The van der Waals surface area contributed by atoms with Gasteiger partial charge in [-0.05, 0) is 26.7 Å². The minimum Gasteiger partial charge on any atom is -0.512 e. The summed E-state index contributed by atoms with van der Waals surface area (Å²) >= 11 is 0. The van der Waals surface area contributed by atoms with Crippen LogP contribution < -0.4 is 0 Å². The van der Waals surface area contributed by atoms with Crippen LogP contribution in [0.5, 0.6) is 0 Å². The van der Waals surface area contributed by atoms with E-state index in [0.29, 0.717) is 18.6 Å². The van der Waals surface area contributed by atoms with Gasteiger partial charge in [-0.2, -0.15) is 0 Å². The molecule has 0 aliphatic carbocycles. The Bertz CT molecular complexity index is 196. The number of carbonyl (C=O) groups excluding carboxylic acids is 1. The van der Waals surface area contributed by atoms with E-state index in [9.17, 15) is 9.90 Å². The van der Waals surface area contributed by atoms with Gasteiger partial charge in [0.2, 0.25) is 0 Å². The predicted octanol–water partition coefficient (Wildman–Crippen LogP) is 2.57. The molecule has 0 aromatic rings. The molecule has 0 unspecified atom stereocenters. The molecule has 0 atom stereocenters. The van der Waals surface area contributed by atoms with Crippen molar-refractivity contribution in [3.8, 4) is 0 Å². The number of ether oxygens (including phenoxy) is 1. The van der Waals surface area contributed by atoms with Crippen LogP contribution in [-0.2, 0) is 29.0 Å². The molecule has 0 amide bonds. The smallest absolute Gasteiger partial charge is 0.337 e. The number of aliphatic hydroxyl groups excluding tert-OH is 1. The van der Waals surface area contributed by atoms with Crippen LogP contribution in [0.15, 0.2) is 11.3 Å². The molecule has 3 nitrogen and oxygen atoms in total. The van der Waals surface area contributed by atoms with Crippen molar-refractivity contribution in [3.05, 3.63) is 11.3 Å². The van der Waals surface area contributed by atoms with E-state index in [1.54, 1.807) is 6.92 Å². The first-order valence-corrected chi connectivity index (χ1v) is 4.69. The molecule has 0 rings (SSSR count). The maximum Gasteiger partial charge on any atom is 0.337 e. The first-order valence-electron chi connectivity index (χ1n) is 4.69. The van der Waals surface area contributed by atoms with Crippen LogP contribution in [0.2, 0.25) is 0 Å². The number of rotatable bonds is 5. The van der Waals surface area contributed by atoms with Gasteiger partial charge in [-0.1, -0.05) is 13.3 Å². The van der Waals surface area contributed by atoms with Gasteiger partial charge in [0.05, 0.1) is 17.9 Å². The summed E-state index contributed by atoms with van der Waals surface area (Å²) in [6.07, 6.45) is 2.49. The summed E-state index contributed by atoms with van der Waals surface area (Å²) < 4.78 is 4.81. The summed E-state index contributed by atoms with van der Waals surface area (Å²) in [6, 6.07) is 0. The number of unbranched alkanes of at least 4 members (excludes halogenated alkanes) is 1. The van der Waals surface area contributed by atoms with Gasteiger partial charge in [0.1, 0.15) is 0 Å². The molecule has 0 heterocycles. The summed E-state index contributed by atoms with van der Waals surface area (Å²) in [4.78, 5) is 11.3. The third-order valence-electron chi connectivity index (χ3n) is 1.74. The summed E-state index contributed by atoms with van der Waals surface area (Å²) in [7, 11) is 0. The van der Waals surface area contributed by atoms with Crippen LogP contribution in [0.1, 0.15) is 40.0 Å². The van der Waals surface area contributed by atoms with Gasteiger partial charge in [-0.25, -0.2) is 4.79 Å². The van der Waals surface area contributed by atoms with Gasteiger partial charge in [-0.3, -0.25) is 0 Å². The second-order valence-corrected chi connectivity index (χ2v) is 2.89. The van der Waals surface area contributed by atoms with Crippen molar-refractivity contribution >= 4 is 5.97 Å². The van der Waals surface area contributed by atoms with E-state index in [4.69, 9.17) is 4.74 Å². The van der Waals surface area contributed by atoms with Crippen molar-refractivity contribution in [2.75, 3.05) is 6.61 Å². The van der Waals surface area contributed by atoms with Crippen molar-refractivity contribution in [2.45, 2.75) is 40.0 Å². The van der Waals surface area contributed by atoms with Crippen LogP contribution >= 0.6 is 0 Å². The molecule has 0 spiro atoms. The van der Waals surface area contributed by atoms with Crippen LogP contribution in [-0.4, -0.2) is 17.7 Å². The van der Waals surface area contributed by atoms with Gasteiger partial charge < -0.3 is 9.84 Å². The minimum absolute atomic E-state index is 0. The zero-order valence-electron chi connectivity index (χ0n) is 9.30. The summed E-state index contributed by atoms with van der Waals surface area (Å²) in [6.45, 7) is 5.65. The Kier molecular flexibility index (Phi) is 10.6.